The third-order valence-electron chi connectivity index (χ3n) is 1.20. The van der Waals surface area contributed by atoms with Gasteiger partial charge in [0.1, 0.15) is 0 Å². The first kappa shape index (κ1) is 13.4. The SMILES string of the molecule is C[C-]1C=CC[C-](C)N1.[Li+].[Li+]. The summed E-state index contributed by atoms with van der Waals surface area (Å²) in [6.45, 7) is 4.17. The van der Waals surface area contributed by atoms with Crippen molar-refractivity contribution in [1.29, 1.82) is 0 Å². The van der Waals surface area contributed by atoms with Crippen LogP contribution in [0, 0.1) is 12.1 Å². The molecule has 0 saturated heterocycles. The van der Waals surface area contributed by atoms with E-state index in [4.69, 9.17) is 0 Å². The van der Waals surface area contributed by atoms with Crippen LogP contribution in [0.25, 0.3) is 0 Å². The summed E-state index contributed by atoms with van der Waals surface area (Å²) in [5.74, 6) is 0. The van der Waals surface area contributed by atoms with Crippen LogP contribution in [-0.4, -0.2) is 0 Å². The summed E-state index contributed by atoms with van der Waals surface area (Å²) in [4.78, 5) is 0. The summed E-state index contributed by atoms with van der Waals surface area (Å²) < 4.78 is 0. The van der Waals surface area contributed by atoms with E-state index in [-0.39, 0.29) is 37.7 Å². The molecule has 0 bridgehead atoms. The van der Waals surface area contributed by atoms with Crippen LogP contribution < -0.4 is 43.0 Å². The molecular weight excluding hydrogens is 112 g/mol. The predicted molar refractivity (Wildman–Crippen MR) is 34.7 cm³/mol. The Balaban J connectivity index is 0. The average Bonchev–Trinajstić information content (AvgIpc) is 1.64. The summed E-state index contributed by atoms with van der Waals surface area (Å²) >= 11 is 0. The fraction of sp³-hybridized carbons (Fsp3) is 0.429. The smallest absolute Gasteiger partial charge is 0.524 e. The quantitative estimate of drug-likeness (QED) is 0.253. The third kappa shape index (κ3) is 4.56. The van der Waals surface area contributed by atoms with Crippen molar-refractivity contribution in [3.05, 3.63) is 24.2 Å². The van der Waals surface area contributed by atoms with Crippen LogP contribution in [0.4, 0.5) is 0 Å². The second-order valence-electron chi connectivity index (χ2n) is 2.19. The van der Waals surface area contributed by atoms with Gasteiger partial charge in [-0.15, -0.1) is 6.92 Å². The molecule has 3 heteroatoms. The molecule has 0 radical (unpaired) electrons. The molecule has 1 heterocycles. The normalized spacial score (nSPS) is 17.6. The fourth-order valence-electron chi connectivity index (χ4n) is 0.842. The molecule has 1 rings (SSSR count). The second kappa shape index (κ2) is 6.47. The standard InChI is InChI=1S/C7H11N.2Li/c1-6-4-3-5-7(2)8-6;;/h3-4,8H,5H2,1-2H3;;/q-2;2*+1. The monoisotopic (exact) mass is 123 g/mol. The molecule has 0 amide bonds. The van der Waals surface area contributed by atoms with Gasteiger partial charge in [0.2, 0.25) is 0 Å². The van der Waals surface area contributed by atoms with E-state index in [9.17, 15) is 0 Å². The second-order valence-corrected chi connectivity index (χ2v) is 2.19. The Hall–Kier alpha value is 0.765. The van der Waals surface area contributed by atoms with E-state index in [0.29, 0.717) is 0 Å². The van der Waals surface area contributed by atoms with E-state index in [0.717, 1.165) is 6.42 Å². The molecule has 0 saturated carbocycles. The zero-order chi connectivity index (χ0) is 5.98. The molecule has 0 aliphatic carbocycles. The van der Waals surface area contributed by atoms with Crippen LogP contribution in [0.1, 0.15) is 20.3 Å². The summed E-state index contributed by atoms with van der Waals surface area (Å²) in [5.41, 5.74) is 0. The number of rotatable bonds is 0. The molecule has 0 atom stereocenters. The average molecular weight is 123 g/mol. The Bertz CT molecular complexity index is 104. The molecule has 0 aromatic heterocycles. The van der Waals surface area contributed by atoms with Crippen molar-refractivity contribution in [3.8, 4) is 0 Å². The van der Waals surface area contributed by atoms with Crippen molar-refractivity contribution in [2.45, 2.75) is 20.3 Å². The van der Waals surface area contributed by atoms with E-state index < -0.39 is 0 Å². The first-order valence-corrected chi connectivity index (χ1v) is 2.88. The van der Waals surface area contributed by atoms with Gasteiger partial charge in [0.15, 0.2) is 0 Å². The maximum Gasteiger partial charge on any atom is 1.00 e. The van der Waals surface area contributed by atoms with Crippen LogP contribution in [-0.2, 0) is 0 Å². The van der Waals surface area contributed by atoms with Gasteiger partial charge >= 0.3 is 37.7 Å². The van der Waals surface area contributed by atoms with Crippen molar-refractivity contribution in [3.63, 3.8) is 0 Å². The fourth-order valence-corrected chi connectivity index (χ4v) is 0.842. The first-order valence-electron chi connectivity index (χ1n) is 2.88. The predicted octanol–water partition coefficient (Wildman–Crippen LogP) is -4.35. The minimum atomic E-state index is 0. The van der Waals surface area contributed by atoms with E-state index in [2.05, 4.69) is 31.3 Å². The molecule has 0 aromatic rings. The van der Waals surface area contributed by atoms with Crippen LogP contribution in [0.15, 0.2) is 12.2 Å². The van der Waals surface area contributed by atoms with Gasteiger partial charge < -0.3 is 5.32 Å². The zero-order valence-corrected chi connectivity index (χ0v) is 7.36. The van der Waals surface area contributed by atoms with Gasteiger partial charge in [0.05, 0.1) is 0 Å². The van der Waals surface area contributed by atoms with Gasteiger partial charge in [-0.1, -0.05) is 0 Å². The Kier molecular flexibility index (Phi) is 8.65. The van der Waals surface area contributed by atoms with Crippen LogP contribution in [0.3, 0.4) is 0 Å². The van der Waals surface area contributed by atoms with Crippen molar-refractivity contribution < 1.29 is 37.7 Å². The Morgan fingerprint density at radius 2 is 1.90 bits per heavy atom. The number of nitrogens with one attached hydrogen (secondary N) is 1. The van der Waals surface area contributed by atoms with Crippen LogP contribution in [0.5, 0.6) is 0 Å². The summed E-state index contributed by atoms with van der Waals surface area (Å²) in [5, 5.41) is 3.23. The van der Waals surface area contributed by atoms with E-state index in [1.807, 2.05) is 0 Å². The van der Waals surface area contributed by atoms with E-state index in [1.165, 1.54) is 12.1 Å². The zero-order valence-electron chi connectivity index (χ0n) is 7.36. The summed E-state index contributed by atoms with van der Waals surface area (Å²) in [6.07, 6.45) is 5.35. The minimum Gasteiger partial charge on any atom is -0.524 e. The van der Waals surface area contributed by atoms with Gasteiger partial charge in [-0.3, -0.25) is 12.1 Å². The maximum atomic E-state index is 3.23. The molecule has 1 N–H and O–H groups in total. The molecule has 0 unspecified atom stereocenters. The maximum absolute atomic E-state index is 3.23. The molecule has 0 fully saturated rings. The summed E-state index contributed by atoms with van der Waals surface area (Å²) in [7, 11) is 0. The summed E-state index contributed by atoms with van der Waals surface area (Å²) in [6, 6.07) is 2.58. The van der Waals surface area contributed by atoms with Crippen LogP contribution >= 0.6 is 0 Å². The molecule has 46 valence electrons. The van der Waals surface area contributed by atoms with Crippen LogP contribution in [0.2, 0.25) is 0 Å². The van der Waals surface area contributed by atoms with Gasteiger partial charge in [0.25, 0.3) is 0 Å². The van der Waals surface area contributed by atoms with Gasteiger partial charge in [-0.05, 0) is 0 Å². The number of hydrogen-bond acceptors (Lipinski definition) is 1. The van der Waals surface area contributed by atoms with E-state index in [1.54, 1.807) is 0 Å². The topological polar surface area (TPSA) is 12.0 Å². The van der Waals surface area contributed by atoms with Crippen molar-refractivity contribution in [2.75, 3.05) is 0 Å². The first-order chi connectivity index (χ1) is 3.79. The molecule has 10 heavy (non-hydrogen) atoms. The Labute approximate surface area is 87.4 Å². The molecule has 1 nitrogen and oxygen atoms in total. The molecule has 0 aromatic carbocycles. The van der Waals surface area contributed by atoms with Gasteiger partial charge in [-0.25, -0.2) is 12.5 Å². The van der Waals surface area contributed by atoms with Crippen molar-refractivity contribution in [2.24, 2.45) is 0 Å². The van der Waals surface area contributed by atoms with Gasteiger partial charge in [0, 0.05) is 0 Å². The third-order valence-corrected chi connectivity index (χ3v) is 1.20. The molecular formula is C7H11Li2N. The molecule has 1 aliphatic rings. The van der Waals surface area contributed by atoms with Crippen molar-refractivity contribution >= 4 is 0 Å². The molecule has 1 aliphatic heterocycles. The Morgan fingerprint density at radius 1 is 1.30 bits per heavy atom. The Morgan fingerprint density at radius 3 is 2.20 bits per heavy atom. The minimum absolute atomic E-state index is 0. The number of hydrogen-bond donors (Lipinski definition) is 1. The molecule has 0 spiro atoms. The van der Waals surface area contributed by atoms with Crippen molar-refractivity contribution in [1.82, 2.24) is 5.32 Å². The largest absolute Gasteiger partial charge is 1.00 e. The van der Waals surface area contributed by atoms with E-state index >= 15 is 0 Å². The van der Waals surface area contributed by atoms with Gasteiger partial charge in [-0.2, -0.15) is 13.0 Å².